The molecule has 10 heteroatoms. The van der Waals surface area contributed by atoms with Gasteiger partial charge >= 0.3 is 0 Å². The lowest BCUT2D eigenvalue weighted by molar-refractivity contribution is -0.132. The molecule has 1 aromatic carbocycles. The Morgan fingerprint density at radius 2 is 2.15 bits per heavy atom. The number of rotatable bonds is 8. The quantitative estimate of drug-likeness (QED) is 0.600. The van der Waals surface area contributed by atoms with Gasteiger partial charge in [0.1, 0.15) is 15.7 Å². The fourth-order valence-electron chi connectivity index (χ4n) is 4.34. The fourth-order valence-corrected chi connectivity index (χ4v) is 4.82. The molecule has 1 aliphatic heterocycles. The molecule has 1 unspecified atom stereocenters. The van der Waals surface area contributed by atoms with Gasteiger partial charge in [0.05, 0.1) is 18.4 Å². The van der Waals surface area contributed by atoms with Crippen molar-refractivity contribution in [2.45, 2.75) is 51.7 Å². The molecule has 2 heterocycles. The molecule has 1 aliphatic carbocycles. The average Bonchev–Trinajstić information content (AvgIpc) is 3.24. The Labute approximate surface area is 194 Å². The second-order valence-electron chi connectivity index (χ2n) is 8.89. The second-order valence-corrected chi connectivity index (χ2v) is 11.1. The minimum atomic E-state index is -3.00. The summed E-state index contributed by atoms with van der Waals surface area (Å²) in [5.41, 5.74) is 4.11. The topological polar surface area (TPSA) is 121 Å². The van der Waals surface area contributed by atoms with Gasteiger partial charge in [-0.25, -0.2) is 13.5 Å². The van der Waals surface area contributed by atoms with Gasteiger partial charge in [-0.1, -0.05) is 23.4 Å². The first kappa shape index (κ1) is 23.6. The van der Waals surface area contributed by atoms with E-state index in [1.54, 1.807) is 11.1 Å². The molecule has 0 fully saturated rings. The lowest BCUT2D eigenvalue weighted by Crippen LogP contribution is -2.35. The maximum atomic E-state index is 11.5. The van der Waals surface area contributed by atoms with Gasteiger partial charge in [-0.3, -0.25) is 10.2 Å². The van der Waals surface area contributed by atoms with Crippen molar-refractivity contribution in [3.05, 3.63) is 41.3 Å². The van der Waals surface area contributed by atoms with Crippen LogP contribution >= 0.6 is 0 Å². The predicted octanol–water partition coefficient (Wildman–Crippen LogP) is 3.15. The Kier molecular flexibility index (Phi) is 6.96. The largest absolute Gasteiger partial charge is 0.334 e. The van der Waals surface area contributed by atoms with Gasteiger partial charge < -0.3 is 9.84 Å². The molecule has 178 valence electrons. The zero-order valence-corrected chi connectivity index (χ0v) is 20.1. The van der Waals surface area contributed by atoms with Gasteiger partial charge in [0.2, 0.25) is 5.82 Å². The van der Waals surface area contributed by atoms with Gasteiger partial charge in [0, 0.05) is 30.0 Å². The van der Waals surface area contributed by atoms with Crippen LogP contribution in [0.15, 0.2) is 28.8 Å². The summed E-state index contributed by atoms with van der Waals surface area (Å²) < 4.78 is 28.5. The average molecular weight is 474 g/mol. The Morgan fingerprint density at radius 3 is 2.88 bits per heavy atom. The molecule has 2 aromatic rings. The van der Waals surface area contributed by atoms with E-state index in [0.717, 1.165) is 30.4 Å². The highest BCUT2D eigenvalue weighted by Gasteiger charge is 2.26. The molecule has 0 saturated heterocycles. The highest BCUT2D eigenvalue weighted by Crippen LogP contribution is 2.36. The molecule has 1 aromatic heterocycles. The number of nitrogens with one attached hydrogen (secondary N) is 2. The lowest BCUT2D eigenvalue weighted by atomic mass is 9.84. The van der Waals surface area contributed by atoms with E-state index in [1.165, 1.54) is 17.4 Å². The zero-order chi connectivity index (χ0) is 23.6. The summed E-state index contributed by atoms with van der Waals surface area (Å²) in [6, 6.07) is 6.18. The molecule has 0 saturated carbocycles. The molecule has 0 spiro atoms. The minimum Gasteiger partial charge on any atom is -0.334 e. The van der Waals surface area contributed by atoms with E-state index < -0.39 is 9.84 Å². The van der Waals surface area contributed by atoms with E-state index in [2.05, 4.69) is 21.5 Å². The van der Waals surface area contributed by atoms with E-state index in [0.29, 0.717) is 31.2 Å². The molecule has 0 bridgehead atoms. The van der Waals surface area contributed by atoms with Crippen molar-refractivity contribution in [3.8, 4) is 11.4 Å². The first-order valence-corrected chi connectivity index (χ1v) is 13.4. The number of hydrogen-bond donors (Lipinski definition) is 2. The number of aromatic nitrogens is 2. The van der Waals surface area contributed by atoms with Crippen LogP contribution in [0.3, 0.4) is 0 Å². The van der Waals surface area contributed by atoms with E-state index in [-0.39, 0.29) is 23.7 Å². The van der Waals surface area contributed by atoms with Gasteiger partial charge in [-0.15, -0.1) is 0 Å². The Balaban J connectivity index is 1.53. The lowest BCUT2D eigenvalue weighted by Gasteiger charge is -2.28. The van der Waals surface area contributed by atoms with Crippen molar-refractivity contribution in [1.29, 1.82) is 5.41 Å². The van der Waals surface area contributed by atoms with Gasteiger partial charge in [-0.05, 0) is 56.7 Å². The molecule has 0 amide bonds. The maximum absolute atomic E-state index is 11.5. The molecular formula is C23H31N5O4S. The summed E-state index contributed by atoms with van der Waals surface area (Å²) in [6.45, 7) is 4.85. The van der Waals surface area contributed by atoms with Crippen LogP contribution < -0.4 is 5.32 Å². The molecule has 1 atom stereocenters. The fraction of sp³-hybridized carbons (Fsp3) is 0.522. The van der Waals surface area contributed by atoms with Gasteiger partial charge in [0.15, 0.2) is 0 Å². The van der Waals surface area contributed by atoms with Crippen molar-refractivity contribution in [2.75, 3.05) is 25.1 Å². The van der Waals surface area contributed by atoms with Gasteiger partial charge in [0.25, 0.3) is 5.89 Å². The van der Waals surface area contributed by atoms with Crippen molar-refractivity contribution < 1.29 is 17.8 Å². The summed E-state index contributed by atoms with van der Waals surface area (Å²) in [7, 11) is -3.00. The smallest absolute Gasteiger partial charge is 0.254 e. The van der Waals surface area contributed by atoms with Crippen LogP contribution in [0.2, 0.25) is 0 Å². The Morgan fingerprint density at radius 1 is 1.33 bits per heavy atom. The number of amidine groups is 1. The van der Waals surface area contributed by atoms with E-state index in [4.69, 9.17) is 14.8 Å². The molecule has 2 aliphatic rings. The number of sulfone groups is 1. The second kappa shape index (κ2) is 9.74. The van der Waals surface area contributed by atoms with Crippen LogP contribution in [0, 0.1) is 5.41 Å². The van der Waals surface area contributed by atoms with Crippen LogP contribution in [0.1, 0.15) is 56.2 Å². The zero-order valence-electron chi connectivity index (χ0n) is 19.3. The van der Waals surface area contributed by atoms with Crippen molar-refractivity contribution >= 4 is 21.2 Å². The highest BCUT2D eigenvalue weighted by atomic mass is 32.2. The first-order chi connectivity index (χ1) is 15.7. The Bertz CT molecular complexity index is 1160. The maximum Gasteiger partial charge on any atom is 0.254 e. The summed E-state index contributed by atoms with van der Waals surface area (Å²) in [4.78, 5) is 10.3. The third-order valence-corrected chi connectivity index (χ3v) is 6.76. The molecule has 0 radical (unpaired) electrons. The number of benzene rings is 1. The van der Waals surface area contributed by atoms with Crippen LogP contribution in [0.5, 0.6) is 0 Å². The Hall–Kier alpha value is -2.56. The normalized spacial score (nSPS) is 19.0. The SMILES string of the molecule is CC(C)ON1CCC(c2nc(-c3cccc4c3CCCC4NCCS(C)(=O)=O)no2)=CC1=N. The van der Waals surface area contributed by atoms with Crippen molar-refractivity contribution in [2.24, 2.45) is 0 Å². The van der Waals surface area contributed by atoms with Crippen molar-refractivity contribution in [3.63, 3.8) is 0 Å². The molecular weight excluding hydrogens is 442 g/mol. The van der Waals surface area contributed by atoms with Crippen LogP contribution in [-0.2, 0) is 21.1 Å². The predicted molar refractivity (Wildman–Crippen MR) is 126 cm³/mol. The van der Waals surface area contributed by atoms with Crippen molar-refractivity contribution in [1.82, 2.24) is 20.5 Å². The molecule has 9 nitrogen and oxygen atoms in total. The van der Waals surface area contributed by atoms with Crippen LogP contribution in [-0.4, -0.2) is 60.7 Å². The number of fused-ring (bicyclic) bond motifs is 1. The summed E-state index contributed by atoms with van der Waals surface area (Å²) >= 11 is 0. The summed E-state index contributed by atoms with van der Waals surface area (Å²) in [5.74, 6) is 1.35. The van der Waals surface area contributed by atoms with Gasteiger partial charge in [-0.2, -0.15) is 4.98 Å². The van der Waals surface area contributed by atoms with E-state index in [1.807, 2.05) is 26.0 Å². The molecule has 33 heavy (non-hydrogen) atoms. The standard InChI is InChI=1S/C23H31N5O4S/c1-15(2)32-28-12-10-16(14-21(28)24)23-26-22(27-31-23)19-8-4-7-18-17(19)6-5-9-20(18)25-11-13-33(3,29)30/h4,7-8,14-15,20,24-25H,5-6,9-13H2,1-3H3. The number of hydroxylamine groups is 2. The van der Waals surface area contributed by atoms with E-state index >= 15 is 0 Å². The highest BCUT2D eigenvalue weighted by molar-refractivity contribution is 7.90. The number of nitrogens with zero attached hydrogens (tertiary/aromatic N) is 3. The third kappa shape index (κ3) is 5.69. The molecule has 2 N–H and O–H groups in total. The third-order valence-electron chi connectivity index (χ3n) is 5.81. The first-order valence-electron chi connectivity index (χ1n) is 11.3. The number of hydrogen-bond acceptors (Lipinski definition) is 8. The van der Waals surface area contributed by atoms with Crippen LogP contribution in [0.25, 0.3) is 17.0 Å². The summed E-state index contributed by atoms with van der Waals surface area (Å²) in [6.07, 6.45) is 6.49. The molecule has 4 rings (SSSR count). The minimum absolute atomic E-state index is 0.00394. The monoisotopic (exact) mass is 473 g/mol. The van der Waals surface area contributed by atoms with Crippen LogP contribution in [0.4, 0.5) is 0 Å². The van der Waals surface area contributed by atoms with E-state index in [9.17, 15) is 8.42 Å². The summed E-state index contributed by atoms with van der Waals surface area (Å²) in [5, 5.41) is 17.4.